The van der Waals surface area contributed by atoms with E-state index < -0.39 is 0 Å². The zero-order valence-corrected chi connectivity index (χ0v) is 8.92. The van der Waals surface area contributed by atoms with Gasteiger partial charge in [0.25, 0.3) is 0 Å². The molecule has 0 aromatic carbocycles. The highest BCUT2D eigenvalue weighted by molar-refractivity contribution is 6.20. The highest BCUT2D eigenvalue weighted by Crippen LogP contribution is 2.03. The average molecular weight is 208 g/mol. The lowest BCUT2D eigenvalue weighted by atomic mass is 10.3. The summed E-state index contributed by atoms with van der Waals surface area (Å²) in [6.07, 6.45) is 0. The number of halogens is 1. The largest absolute Gasteiger partial charge is 0.380 e. The zero-order chi connectivity index (χ0) is 9.52. The molecule has 0 saturated carbocycles. The quantitative estimate of drug-likeness (QED) is 0.627. The molecule has 0 amide bonds. The van der Waals surface area contributed by atoms with Gasteiger partial charge in [-0.1, -0.05) is 0 Å². The Labute approximate surface area is 84.9 Å². The Morgan fingerprint density at radius 2 is 2.15 bits per heavy atom. The second kappa shape index (κ2) is 6.60. The SMILES string of the molecule is CCOCC(Cl)CN1CCOCC1. The van der Waals surface area contributed by atoms with Gasteiger partial charge in [0.15, 0.2) is 0 Å². The molecule has 1 aliphatic heterocycles. The van der Waals surface area contributed by atoms with Crippen LogP contribution in [0, 0.1) is 0 Å². The number of hydrogen-bond acceptors (Lipinski definition) is 3. The molecule has 0 aliphatic carbocycles. The first-order valence-corrected chi connectivity index (χ1v) is 5.28. The fourth-order valence-electron chi connectivity index (χ4n) is 1.36. The molecule has 0 radical (unpaired) electrons. The zero-order valence-electron chi connectivity index (χ0n) is 8.17. The predicted octanol–water partition coefficient (Wildman–Crippen LogP) is 0.962. The van der Waals surface area contributed by atoms with Crippen molar-refractivity contribution in [3.63, 3.8) is 0 Å². The number of nitrogens with zero attached hydrogens (tertiary/aromatic N) is 1. The van der Waals surface area contributed by atoms with Crippen molar-refractivity contribution in [2.24, 2.45) is 0 Å². The number of alkyl halides is 1. The molecule has 1 aliphatic rings. The van der Waals surface area contributed by atoms with Crippen LogP contribution >= 0.6 is 11.6 Å². The lowest BCUT2D eigenvalue weighted by molar-refractivity contribution is 0.0333. The standard InChI is InChI=1S/C9H18ClNO2/c1-2-12-8-9(10)7-11-3-5-13-6-4-11/h9H,2-8H2,1H3. The highest BCUT2D eigenvalue weighted by Gasteiger charge is 2.14. The Bertz CT molecular complexity index is 129. The topological polar surface area (TPSA) is 21.7 Å². The molecule has 1 atom stereocenters. The van der Waals surface area contributed by atoms with Crippen LogP contribution in [-0.4, -0.2) is 56.3 Å². The van der Waals surface area contributed by atoms with Crippen LogP contribution in [0.25, 0.3) is 0 Å². The van der Waals surface area contributed by atoms with Crippen LogP contribution in [0.5, 0.6) is 0 Å². The summed E-state index contributed by atoms with van der Waals surface area (Å²) in [4.78, 5) is 2.32. The van der Waals surface area contributed by atoms with Crippen LogP contribution in [0.3, 0.4) is 0 Å². The van der Waals surface area contributed by atoms with E-state index in [0.717, 1.165) is 39.5 Å². The van der Waals surface area contributed by atoms with Crippen molar-refractivity contribution < 1.29 is 9.47 Å². The molecule has 3 nitrogen and oxygen atoms in total. The number of hydrogen-bond donors (Lipinski definition) is 0. The normalized spacial score (nSPS) is 21.7. The summed E-state index contributed by atoms with van der Waals surface area (Å²) in [5.74, 6) is 0. The second-order valence-corrected chi connectivity index (χ2v) is 3.79. The van der Waals surface area contributed by atoms with E-state index in [0.29, 0.717) is 6.61 Å². The summed E-state index contributed by atoms with van der Waals surface area (Å²) in [5.41, 5.74) is 0. The third kappa shape index (κ3) is 4.81. The van der Waals surface area contributed by atoms with Gasteiger partial charge in [-0.3, -0.25) is 4.90 Å². The predicted molar refractivity (Wildman–Crippen MR) is 53.4 cm³/mol. The van der Waals surface area contributed by atoms with E-state index in [9.17, 15) is 0 Å². The molecule has 1 saturated heterocycles. The van der Waals surface area contributed by atoms with E-state index >= 15 is 0 Å². The van der Waals surface area contributed by atoms with E-state index in [1.54, 1.807) is 0 Å². The fraction of sp³-hybridized carbons (Fsp3) is 1.00. The molecule has 1 fully saturated rings. The maximum absolute atomic E-state index is 6.09. The van der Waals surface area contributed by atoms with Gasteiger partial charge in [-0.25, -0.2) is 0 Å². The van der Waals surface area contributed by atoms with E-state index in [1.165, 1.54) is 0 Å². The van der Waals surface area contributed by atoms with Crippen molar-refractivity contribution in [1.29, 1.82) is 0 Å². The minimum Gasteiger partial charge on any atom is -0.380 e. The van der Waals surface area contributed by atoms with Crippen molar-refractivity contribution in [3.05, 3.63) is 0 Å². The minimum atomic E-state index is 0.109. The minimum absolute atomic E-state index is 0.109. The van der Waals surface area contributed by atoms with E-state index in [1.807, 2.05) is 6.92 Å². The highest BCUT2D eigenvalue weighted by atomic mass is 35.5. The van der Waals surface area contributed by atoms with Crippen LogP contribution in [0.2, 0.25) is 0 Å². The average Bonchev–Trinajstić information content (AvgIpc) is 2.16. The Kier molecular flexibility index (Phi) is 5.71. The Morgan fingerprint density at radius 3 is 2.77 bits per heavy atom. The molecule has 0 aromatic rings. The molecule has 0 aromatic heterocycles. The molecule has 0 spiro atoms. The van der Waals surface area contributed by atoms with Gasteiger partial charge in [-0.2, -0.15) is 0 Å². The third-order valence-corrected chi connectivity index (χ3v) is 2.33. The maximum atomic E-state index is 6.09. The van der Waals surface area contributed by atoms with Crippen molar-refractivity contribution in [2.75, 3.05) is 46.1 Å². The van der Waals surface area contributed by atoms with Gasteiger partial charge in [0.1, 0.15) is 0 Å². The number of ether oxygens (including phenoxy) is 2. The summed E-state index contributed by atoms with van der Waals surface area (Å²) >= 11 is 6.09. The van der Waals surface area contributed by atoms with Gasteiger partial charge in [0, 0.05) is 26.2 Å². The molecule has 0 N–H and O–H groups in total. The van der Waals surface area contributed by atoms with Crippen LogP contribution in [0.15, 0.2) is 0 Å². The van der Waals surface area contributed by atoms with Crippen LogP contribution in [0.4, 0.5) is 0 Å². The van der Waals surface area contributed by atoms with Gasteiger partial charge in [-0.15, -0.1) is 11.6 Å². The van der Waals surface area contributed by atoms with E-state index in [4.69, 9.17) is 21.1 Å². The lowest BCUT2D eigenvalue weighted by Gasteiger charge is -2.28. The van der Waals surface area contributed by atoms with Crippen molar-refractivity contribution in [2.45, 2.75) is 12.3 Å². The smallest absolute Gasteiger partial charge is 0.0696 e. The molecular formula is C9H18ClNO2. The molecule has 0 bridgehead atoms. The second-order valence-electron chi connectivity index (χ2n) is 3.17. The number of rotatable bonds is 5. The summed E-state index contributed by atoms with van der Waals surface area (Å²) in [6, 6.07) is 0. The van der Waals surface area contributed by atoms with E-state index in [-0.39, 0.29) is 5.38 Å². The Balaban J connectivity index is 2.07. The van der Waals surface area contributed by atoms with Gasteiger partial charge in [0.2, 0.25) is 0 Å². The summed E-state index contributed by atoms with van der Waals surface area (Å²) < 4.78 is 10.5. The molecule has 1 heterocycles. The fourth-order valence-corrected chi connectivity index (χ4v) is 1.65. The lowest BCUT2D eigenvalue weighted by Crippen LogP contribution is -2.40. The first-order chi connectivity index (χ1) is 6.33. The van der Waals surface area contributed by atoms with Gasteiger partial charge in [-0.05, 0) is 6.92 Å². The van der Waals surface area contributed by atoms with Gasteiger partial charge >= 0.3 is 0 Å². The summed E-state index contributed by atoms with van der Waals surface area (Å²) in [5, 5.41) is 0.109. The Hall–Kier alpha value is 0.170. The van der Waals surface area contributed by atoms with Crippen molar-refractivity contribution in [3.8, 4) is 0 Å². The maximum Gasteiger partial charge on any atom is 0.0696 e. The van der Waals surface area contributed by atoms with Crippen LogP contribution in [0.1, 0.15) is 6.92 Å². The number of morpholine rings is 1. The molecular weight excluding hydrogens is 190 g/mol. The van der Waals surface area contributed by atoms with Crippen molar-refractivity contribution in [1.82, 2.24) is 4.90 Å². The Morgan fingerprint density at radius 1 is 1.46 bits per heavy atom. The third-order valence-electron chi connectivity index (χ3n) is 2.06. The van der Waals surface area contributed by atoms with Crippen molar-refractivity contribution >= 4 is 11.6 Å². The molecule has 1 unspecified atom stereocenters. The van der Waals surface area contributed by atoms with Crippen LogP contribution < -0.4 is 0 Å². The first-order valence-electron chi connectivity index (χ1n) is 4.85. The molecule has 78 valence electrons. The van der Waals surface area contributed by atoms with Crippen LogP contribution in [-0.2, 0) is 9.47 Å². The van der Waals surface area contributed by atoms with Gasteiger partial charge in [0.05, 0.1) is 25.2 Å². The van der Waals surface area contributed by atoms with E-state index in [2.05, 4.69) is 4.90 Å². The molecule has 13 heavy (non-hydrogen) atoms. The summed E-state index contributed by atoms with van der Waals surface area (Å²) in [7, 11) is 0. The first kappa shape index (κ1) is 11.2. The molecule has 4 heteroatoms. The summed E-state index contributed by atoms with van der Waals surface area (Å²) in [6.45, 7) is 7.94. The van der Waals surface area contributed by atoms with Gasteiger partial charge < -0.3 is 9.47 Å². The monoisotopic (exact) mass is 207 g/mol. The molecule has 1 rings (SSSR count).